The minimum absolute atomic E-state index is 0.193. The van der Waals surface area contributed by atoms with Crippen LogP contribution in [0.1, 0.15) is 26.3 Å². The average molecular weight is 176 g/mol. The molecule has 3 nitrogen and oxygen atoms in total. The van der Waals surface area contributed by atoms with Crippen molar-refractivity contribution in [3.05, 3.63) is 36.7 Å². The maximum Gasteiger partial charge on any atom is 0.311 e. The predicted octanol–water partition coefficient (Wildman–Crippen LogP) is 1.22. The van der Waals surface area contributed by atoms with Crippen LogP contribution in [-0.2, 0) is 5.41 Å². The number of rotatable bonds is 0. The van der Waals surface area contributed by atoms with E-state index in [2.05, 4.69) is 38.0 Å². The Morgan fingerprint density at radius 2 is 2.15 bits per heavy atom. The quantitative estimate of drug-likeness (QED) is 0.553. The topological polar surface area (TPSA) is 21.4 Å². The minimum atomic E-state index is 0.193. The zero-order valence-electron chi connectivity index (χ0n) is 8.23. The third-order valence-electron chi connectivity index (χ3n) is 2.18. The Hall–Kier alpha value is -1.38. The largest absolute Gasteiger partial charge is 0.311 e. The fourth-order valence-corrected chi connectivity index (χ4v) is 1.29. The highest BCUT2D eigenvalue weighted by atomic mass is 15.3. The third kappa shape index (κ3) is 1.41. The van der Waals surface area contributed by atoms with Gasteiger partial charge < -0.3 is 0 Å². The highest BCUT2D eigenvalue weighted by molar-refractivity contribution is 5.14. The van der Waals surface area contributed by atoms with Crippen LogP contribution in [0.3, 0.4) is 0 Å². The van der Waals surface area contributed by atoms with E-state index < -0.39 is 0 Å². The van der Waals surface area contributed by atoms with Crippen LogP contribution in [0.5, 0.6) is 0 Å². The summed E-state index contributed by atoms with van der Waals surface area (Å²) in [5.74, 6) is 0. The van der Waals surface area contributed by atoms with E-state index in [1.54, 1.807) is 12.7 Å². The summed E-state index contributed by atoms with van der Waals surface area (Å²) in [5, 5.41) is 0. The van der Waals surface area contributed by atoms with Gasteiger partial charge in [0.25, 0.3) is 0 Å². The molecule has 3 heteroatoms. The van der Waals surface area contributed by atoms with Gasteiger partial charge in [-0.1, -0.05) is 20.8 Å². The number of fused-ring (bicyclic) bond motifs is 1. The Bertz CT molecular complexity index is 423. The van der Waals surface area contributed by atoms with Crippen LogP contribution in [0.2, 0.25) is 0 Å². The monoisotopic (exact) mass is 176 g/mol. The number of hydrogen-bond acceptors (Lipinski definition) is 1. The molecule has 0 unspecified atom stereocenters. The van der Waals surface area contributed by atoms with Crippen molar-refractivity contribution in [1.82, 2.24) is 9.50 Å². The van der Waals surface area contributed by atoms with E-state index in [0.29, 0.717) is 0 Å². The summed E-state index contributed by atoms with van der Waals surface area (Å²) >= 11 is 0. The maximum absolute atomic E-state index is 4.05. The van der Waals surface area contributed by atoms with Gasteiger partial charge in [0.05, 0.1) is 6.20 Å². The molecule has 2 aromatic rings. The van der Waals surface area contributed by atoms with E-state index in [9.17, 15) is 0 Å². The van der Waals surface area contributed by atoms with Crippen LogP contribution in [0.4, 0.5) is 0 Å². The van der Waals surface area contributed by atoms with E-state index in [-0.39, 0.29) is 5.41 Å². The molecule has 0 saturated heterocycles. The summed E-state index contributed by atoms with van der Waals surface area (Å²) in [4.78, 5) is 4.05. The van der Waals surface area contributed by atoms with Gasteiger partial charge in [-0.25, -0.2) is 0 Å². The first kappa shape index (κ1) is 8.23. The molecule has 0 aliphatic heterocycles. The Labute approximate surface area is 77.6 Å². The van der Waals surface area contributed by atoms with E-state index >= 15 is 0 Å². The third-order valence-corrected chi connectivity index (χ3v) is 2.18. The van der Waals surface area contributed by atoms with Gasteiger partial charge in [-0.05, 0) is 16.5 Å². The van der Waals surface area contributed by atoms with Crippen molar-refractivity contribution in [2.45, 2.75) is 26.2 Å². The summed E-state index contributed by atoms with van der Waals surface area (Å²) in [6.07, 6.45) is 7.71. The van der Waals surface area contributed by atoms with Crippen molar-refractivity contribution in [3.8, 4) is 0 Å². The number of hydrogen-bond donors (Lipinski definition) is 0. The molecule has 0 N–H and O–H groups in total. The van der Waals surface area contributed by atoms with Gasteiger partial charge in [0, 0.05) is 5.56 Å². The van der Waals surface area contributed by atoms with Crippen molar-refractivity contribution in [3.63, 3.8) is 0 Å². The normalized spacial score (nSPS) is 12.2. The average Bonchev–Trinajstić information content (AvgIpc) is 2.47. The standard InChI is InChI=1S/C10H14N3/c1-10(2,3)9-4-5-12-7-11-8-13(12)6-9/h4-8H,1-3H3/q+1. The summed E-state index contributed by atoms with van der Waals surface area (Å²) in [6, 6.07) is 2.13. The molecule has 0 radical (unpaired) electrons. The van der Waals surface area contributed by atoms with E-state index in [1.807, 2.05) is 15.2 Å². The second-order valence-electron chi connectivity index (χ2n) is 4.29. The fourth-order valence-electron chi connectivity index (χ4n) is 1.29. The first-order valence-corrected chi connectivity index (χ1v) is 4.41. The molecule has 68 valence electrons. The summed E-state index contributed by atoms with van der Waals surface area (Å²) < 4.78 is 3.91. The van der Waals surface area contributed by atoms with Crippen molar-refractivity contribution < 1.29 is 4.52 Å². The SMILES string of the molecule is CC(C)(C)c1ccn2cnc[n+]2c1. The molecular weight excluding hydrogens is 162 g/mol. The van der Waals surface area contributed by atoms with Crippen LogP contribution in [0, 0.1) is 0 Å². The summed E-state index contributed by atoms with van der Waals surface area (Å²) in [5.41, 5.74) is 1.50. The van der Waals surface area contributed by atoms with Gasteiger partial charge in [0.1, 0.15) is 6.20 Å². The highest BCUT2D eigenvalue weighted by Gasteiger charge is 2.15. The molecule has 0 fully saturated rings. The smallest absolute Gasteiger partial charge is 0.150 e. The molecule has 0 spiro atoms. The first-order valence-electron chi connectivity index (χ1n) is 4.41. The van der Waals surface area contributed by atoms with E-state index in [4.69, 9.17) is 0 Å². The van der Waals surface area contributed by atoms with Crippen molar-refractivity contribution in [2.24, 2.45) is 0 Å². The van der Waals surface area contributed by atoms with Crippen LogP contribution in [0.15, 0.2) is 31.1 Å². The first-order chi connectivity index (χ1) is 6.07. The second kappa shape index (κ2) is 2.55. The Morgan fingerprint density at radius 1 is 1.38 bits per heavy atom. The zero-order valence-corrected chi connectivity index (χ0v) is 8.23. The molecule has 2 aromatic heterocycles. The minimum Gasteiger partial charge on any atom is -0.150 e. The second-order valence-corrected chi connectivity index (χ2v) is 4.29. The fraction of sp³-hybridized carbons (Fsp3) is 0.400. The Kier molecular flexibility index (Phi) is 1.62. The lowest BCUT2D eigenvalue weighted by Gasteiger charge is -2.16. The molecule has 13 heavy (non-hydrogen) atoms. The van der Waals surface area contributed by atoms with Gasteiger partial charge in [0.15, 0.2) is 0 Å². The van der Waals surface area contributed by atoms with Crippen LogP contribution in [-0.4, -0.2) is 9.50 Å². The van der Waals surface area contributed by atoms with E-state index in [0.717, 1.165) is 0 Å². The molecule has 0 atom stereocenters. The molecule has 0 bridgehead atoms. The number of nitrogens with zero attached hydrogens (tertiary/aromatic N) is 3. The van der Waals surface area contributed by atoms with Gasteiger partial charge in [-0.3, -0.25) is 0 Å². The van der Waals surface area contributed by atoms with Crippen LogP contribution >= 0.6 is 0 Å². The molecule has 0 aliphatic rings. The van der Waals surface area contributed by atoms with Gasteiger partial charge in [0.2, 0.25) is 6.33 Å². The van der Waals surface area contributed by atoms with E-state index in [1.165, 1.54) is 5.56 Å². The van der Waals surface area contributed by atoms with Gasteiger partial charge in [-0.15, -0.1) is 4.52 Å². The predicted molar refractivity (Wildman–Crippen MR) is 49.5 cm³/mol. The van der Waals surface area contributed by atoms with Gasteiger partial charge >= 0.3 is 6.33 Å². The lowest BCUT2D eigenvalue weighted by molar-refractivity contribution is -0.619. The molecule has 0 amide bonds. The zero-order chi connectivity index (χ0) is 9.47. The number of aromatic nitrogens is 3. The van der Waals surface area contributed by atoms with Crippen molar-refractivity contribution >= 4 is 0 Å². The Morgan fingerprint density at radius 3 is 2.85 bits per heavy atom. The van der Waals surface area contributed by atoms with Crippen LogP contribution in [0.25, 0.3) is 0 Å². The molecular formula is C10H14N3+. The maximum atomic E-state index is 4.05. The molecule has 2 heterocycles. The Balaban J connectivity index is 2.61. The molecule has 0 aliphatic carbocycles. The van der Waals surface area contributed by atoms with Crippen molar-refractivity contribution in [1.29, 1.82) is 0 Å². The van der Waals surface area contributed by atoms with Crippen molar-refractivity contribution in [2.75, 3.05) is 0 Å². The summed E-state index contributed by atoms with van der Waals surface area (Å²) in [6.45, 7) is 6.61. The lowest BCUT2D eigenvalue weighted by atomic mass is 9.89. The molecule has 0 saturated carbocycles. The molecule has 0 aromatic carbocycles. The van der Waals surface area contributed by atoms with Gasteiger partial charge in [-0.2, -0.15) is 4.52 Å². The highest BCUT2D eigenvalue weighted by Crippen LogP contribution is 2.19. The molecule has 2 rings (SSSR count). The van der Waals surface area contributed by atoms with Crippen LogP contribution < -0.4 is 4.52 Å². The lowest BCUT2D eigenvalue weighted by Crippen LogP contribution is -2.29. The summed E-state index contributed by atoms with van der Waals surface area (Å²) in [7, 11) is 0.